The van der Waals surface area contributed by atoms with E-state index in [2.05, 4.69) is 0 Å². The van der Waals surface area contributed by atoms with Gasteiger partial charge in [0, 0.05) is 17.0 Å². The van der Waals surface area contributed by atoms with Crippen LogP contribution in [0.2, 0.25) is 0 Å². The van der Waals surface area contributed by atoms with Crippen molar-refractivity contribution < 1.29 is 32.1 Å². The Labute approximate surface area is 160 Å². The maximum Gasteiger partial charge on any atom is 0.184 e. The molecule has 2 aromatic rings. The monoisotopic (exact) mass is 398 g/mol. The van der Waals surface area contributed by atoms with Crippen LogP contribution in [0.3, 0.4) is 0 Å². The Bertz CT molecular complexity index is 802. The Kier molecular flexibility index (Phi) is 6.37. The molecule has 7 heteroatoms. The highest BCUT2D eigenvalue weighted by molar-refractivity contribution is 5.66. The fourth-order valence-electron chi connectivity index (χ4n) is 3.26. The van der Waals surface area contributed by atoms with Crippen LogP contribution >= 0.6 is 0 Å². The minimum absolute atomic E-state index is 0.121. The van der Waals surface area contributed by atoms with Crippen LogP contribution in [0, 0.1) is 36.1 Å². The van der Waals surface area contributed by atoms with Crippen LogP contribution in [0.4, 0.5) is 17.6 Å². The highest BCUT2D eigenvalue weighted by atomic mass is 19.1. The van der Waals surface area contributed by atoms with Gasteiger partial charge < -0.3 is 14.6 Å². The van der Waals surface area contributed by atoms with Crippen molar-refractivity contribution in [2.45, 2.75) is 39.1 Å². The van der Waals surface area contributed by atoms with Crippen LogP contribution in [0.25, 0.3) is 11.1 Å². The second-order valence-electron chi connectivity index (χ2n) is 7.04. The van der Waals surface area contributed by atoms with Crippen LogP contribution in [0.1, 0.15) is 37.2 Å². The molecular formula is C21H22F4O3. The molecule has 1 aliphatic rings. The minimum Gasteiger partial charge on any atom is -0.393 e. The molecule has 28 heavy (non-hydrogen) atoms. The van der Waals surface area contributed by atoms with Gasteiger partial charge in [-0.2, -0.15) is 0 Å². The number of hydrogen-bond acceptors (Lipinski definition) is 3. The number of benzene rings is 2. The Balaban J connectivity index is 1.82. The van der Waals surface area contributed by atoms with Crippen molar-refractivity contribution in [2.75, 3.05) is 13.2 Å². The lowest BCUT2D eigenvalue weighted by atomic mass is 9.98. The molecule has 0 aromatic heterocycles. The van der Waals surface area contributed by atoms with Crippen molar-refractivity contribution >= 4 is 0 Å². The van der Waals surface area contributed by atoms with Crippen LogP contribution in [0.15, 0.2) is 24.3 Å². The van der Waals surface area contributed by atoms with E-state index in [1.165, 1.54) is 6.92 Å². The van der Waals surface area contributed by atoms with Gasteiger partial charge >= 0.3 is 0 Å². The third kappa shape index (κ3) is 4.21. The van der Waals surface area contributed by atoms with Crippen molar-refractivity contribution in [2.24, 2.45) is 5.92 Å². The number of aliphatic hydroxyl groups is 1. The van der Waals surface area contributed by atoms with E-state index in [9.17, 15) is 22.7 Å². The molecule has 1 N–H and O–H groups in total. The molecule has 1 fully saturated rings. The van der Waals surface area contributed by atoms with Crippen molar-refractivity contribution in [3.63, 3.8) is 0 Å². The lowest BCUT2D eigenvalue weighted by molar-refractivity contribution is -0.219. The highest BCUT2D eigenvalue weighted by Gasteiger charge is 2.29. The van der Waals surface area contributed by atoms with E-state index >= 15 is 0 Å². The lowest BCUT2D eigenvalue weighted by Gasteiger charge is -2.32. The molecule has 1 atom stereocenters. The first-order valence-electron chi connectivity index (χ1n) is 9.18. The standard InChI is InChI=1S/C21H22F4O3/c1-3-4-19(26)14-9-27-21(28-10-14)13-7-17(24)20(18(25)8-13)12-5-15(22)11(2)16(23)6-12/h5-8,14,19,21,26H,3-4,9-10H2,1-2H3. The second kappa shape index (κ2) is 8.59. The maximum absolute atomic E-state index is 14.6. The Morgan fingerprint density at radius 3 is 2.00 bits per heavy atom. The summed E-state index contributed by atoms with van der Waals surface area (Å²) in [5, 5.41) is 10.0. The molecule has 0 bridgehead atoms. The first kappa shape index (κ1) is 20.8. The normalized spacial score (nSPS) is 21.0. The molecule has 0 aliphatic carbocycles. The van der Waals surface area contributed by atoms with Gasteiger partial charge in [-0.05, 0) is 43.2 Å². The molecule has 0 radical (unpaired) electrons. The molecule has 2 aromatic carbocycles. The number of ether oxygens (including phenoxy) is 2. The second-order valence-corrected chi connectivity index (χ2v) is 7.04. The summed E-state index contributed by atoms with van der Waals surface area (Å²) in [6.45, 7) is 3.60. The molecular weight excluding hydrogens is 376 g/mol. The average molecular weight is 398 g/mol. The maximum atomic E-state index is 14.6. The topological polar surface area (TPSA) is 38.7 Å². The van der Waals surface area contributed by atoms with Crippen molar-refractivity contribution in [1.29, 1.82) is 0 Å². The van der Waals surface area contributed by atoms with Gasteiger partial charge in [-0.3, -0.25) is 0 Å². The summed E-state index contributed by atoms with van der Waals surface area (Å²) < 4.78 is 67.7. The first-order valence-corrected chi connectivity index (χ1v) is 9.18. The third-order valence-corrected chi connectivity index (χ3v) is 4.96. The van der Waals surface area contributed by atoms with Gasteiger partial charge in [-0.15, -0.1) is 0 Å². The van der Waals surface area contributed by atoms with Gasteiger partial charge in [0.25, 0.3) is 0 Å². The fourth-order valence-corrected chi connectivity index (χ4v) is 3.26. The molecule has 0 spiro atoms. The molecule has 1 saturated heterocycles. The quantitative estimate of drug-likeness (QED) is 0.717. The number of halogens is 4. The van der Waals surface area contributed by atoms with Gasteiger partial charge in [0.15, 0.2) is 6.29 Å². The largest absolute Gasteiger partial charge is 0.393 e. The smallest absolute Gasteiger partial charge is 0.184 e. The van der Waals surface area contributed by atoms with Crippen molar-refractivity contribution in [3.8, 4) is 11.1 Å². The fraction of sp³-hybridized carbons (Fsp3) is 0.429. The van der Waals surface area contributed by atoms with E-state index in [1.807, 2.05) is 6.92 Å². The zero-order valence-electron chi connectivity index (χ0n) is 15.6. The van der Waals surface area contributed by atoms with E-state index in [0.29, 0.717) is 6.42 Å². The average Bonchev–Trinajstić information content (AvgIpc) is 2.65. The number of aliphatic hydroxyl groups excluding tert-OH is 1. The van der Waals surface area contributed by atoms with E-state index in [-0.39, 0.29) is 35.8 Å². The number of rotatable bonds is 5. The van der Waals surface area contributed by atoms with E-state index in [1.54, 1.807) is 0 Å². The van der Waals surface area contributed by atoms with Gasteiger partial charge in [0.1, 0.15) is 23.3 Å². The lowest BCUT2D eigenvalue weighted by Crippen LogP contribution is -2.35. The molecule has 0 amide bonds. The Morgan fingerprint density at radius 1 is 0.964 bits per heavy atom. The highest BCUT2D eigenvalue weighted by Crippen LogP contribution is 2.34. The molecule has 0 saturated carbocycles. The zero-order valence-corrected chi connectivity index (χ0v) is 15.6. The summed E-state index contributed by atoms with van der Waals surface area (Å²) in [5.41, 5.74) is -0.843. The minimum atomic E-state index is -0.977. The van der Waals surface area contributed by atoms with Crippen LogP contribution < -0.4 is 0 Å². The summed E-state index contributed by atoms with van der Waals surface area (Å²) in [6.07, 6.45) is -0.106. The van der Waals surface area contributed by atoms with Gasteiger partial charge in [-0.25, -0.2) is 17.6 Å². The zero-order chi connectivity index (χ0) is 20.4. The summed E-state index contributed by atoms with van der Waals surface area (Å²) in [4.78, 5) is 0. The molecule has 152 valence electrons. The van der Waals surface area contributed by atoms with E-state index in [4.69, 9.17) is 9.47 Å². The predicted octanol–water partition coefficient (Wildman–Crippen LogP) is 5.04. The van der Waals surface area contributed by atoms with Gasteiger partial charge in [0.05, 0.1) is 24.9 Å². The molecule has 1 unspecified atom stereocenters. The summed E-state index contributed by atoms with van der Waals surface area (Å²) in [6, 6.07) is 3.85. The number of hydrogen-bond donors (Lipinski definition) is 1. The van der Waals surface area contributed by atoms with E-state index < -0.39 is 41.2 Å². The summed E-state index contributed by atoms with van der Waals surface area (Å²) in [7, 11) is 0. The molecule has 3 nitrogen and oxygen atoms in total. The predicted molar refractivity (Wildman–Crippen MR) is 95.5 cm³/mol. The van der Waals surface area contributed by atoms with Gasteiger partial charge in [-0.1, -0.05) is 13.3 Å². The Morgan fingerprint density at radius 2 is 1.50 bits per heavy atom. The van der Waals surface area contributed by atoms with Crippen LogP contribution in [0.5, 0.6) is 0 Å². The van der Waals surface area contributed by atoms with E-state index in [0.717, 1.165) is 30.7 Å². The molecule has 3 rings (SSSR count). The van der Waals surface area contributed by atoms with Gasteiger partial charge in [0.2, 0.25) is 0 Å². The van der Waals surface area contributed by atoms with Crippen molar-refractivity contribution in [1.82, 2.24) is 0 Å². The summed E-state index contributed by atoms with van der Waals surface area (Å²) >= 11 is 0. The first-order chi connectivity index (χ1) is 13.3. The third-order valence-electron chi connectivity index (χ3n) is 4.96. The summed E-state index contributed by atoms with van der Waals surface area (Å²) in [5.74, 6) is -3.92. The Hall–Kier alpha value is -1.96. The van der Waals surface area contributed by atoms with Crippen LogP contribution in [-0.2, 0) is 9.47 Å². The molecule has 1 heterocycles. The molecule has 1 aliphatic heterocycles. The van der Waals surface area contributed by atoms with Crippen LogP contribution in [-0.4, -0.2) is 24.4 Å². The SMILES string of the molecule is CCCC(O)C1COC(c2cc(F)c(-c3cc(F)c(C)c(F)c3)c(F)c2)OC1. The van der Waals surface area contributed by atoms with Crippen molar-refractivity contribution in [3.05, 3.63) is 58.7 Å².